The minimum absolute atomic E-state index is 1.16. The fraction of sp³-hybridized carbons (Fsp3) is 0.0370. The van der Waals surface area contributed by atoms with E-state index in [2.05, 4.69) is 121 Å². The second-order valence-corrected chi connectivity index (χ2v) is 7.18. The molecule has 134 valence electrons. The van der Waals surface area contributed by atoms with E-state index in [0.717, 1.165) is 5.69 Å². The van der Waals surface area contributed by atoms with Crippen LogP contribution in [0, 0.1) is 6.92 Å². The predicted molar refractivity (Wildman–Crippen MR) is 121 cm³/mol. The summed E-state index contributed by atoms with van der Waals surface area (Å²) in [6.45, 7) is 2.15. The highest BCUT2D eigenvalue weighted by molar-refractivity contribution is 6.14. The van der Waals surface area contributed by atoms with E-state index in [9.17, 15) is 0 Å². The van der Waals surface area contributed by atoms with Crippen LogP contribution in [0.4, 0.5) is 17.1 Å². The van der Waals surface area contributed by atoms with Gasteiger partial charge in [-0.2, -0.15) is 0 Å². The molecule has 0 fully saturated rings. The van der Waals surface area contributed by atoms with Gasteiger partial charge in [0.1, 0.15) is 0 Å². The van der Waals surface area contributed by atoms with Gasteiger partial charge in [-0.25, -0.2) is 0 Å². The van der Waals surface area contributed by atoms with Crippen LogP contribution in [-0.2, 0) is 0 Å². The van der Waals surface area contributed by atoms with Crippen LogP contribution in [0.1, 0.15) is 5.56 Å². The molecule has 1 nitrogen and oxygen atoms in total. The first kappa shape index (κ1) is 16.6. The Hall–Kier alpha value is -3.58. The highest BCUT2D eigenvalue weighted by Gasteiger charge is 2.18. The smallest absolute Gasteiger partial charge is 0.0618 e. The Kier molecular flexibility index (Phi) is 4.06. The van der Waals surface area contributed by atoms with Gasteiger partial charge in [0.25, 0.3) is 0 Å². The molecule has 0 spiro atoms. The van der Waals surface area contributed by atoms with Crippen molar-refractivity contribution in [3.8, 4) is 0 Å². The number of nitrogens with zero attached hydrogens (tertiary/aromatic N) is 1. The molecular weight excluding hydrogens is 338 g/mol. The first-order chi connectivity index (χ1) is 13.8. The number of aryl methyl sites for hydroxylation is 1. The van der Waals surface area contributed by atoms with E-state index in [-0.39, 0.29) is 0 Å². The second kappa shape index (κ2) is 6.86. The molecule has 5 aromatic rings. The quantitative estimate of drug-likeness (QED) is 0.297. The standard InChI is InChI=1S/C27H21N/c1-20-10-9-15-24(18-20)28(23-13-3-2-4-14-23)27-25-16-7-5-11-21(25)19-22-12-6-8-17-26(22)27/h2-19H,1H3. The summed E-state index contributed by atoms with van der Waals surface area (Å²) >= 11 is 0. The van der Waals surface area contributed by atoms with E-state index in [1.165, 1.54) is 38.5 Å². The third-order valence-corrected chi connectivity index (χ3v) is 5.24. The summed E-state index contributed by atoms with van der Waals surface area (Å²) in [5, 5.41) is 5.02. The average molecular weight is 359 g/mol. The van der Waals surface area contributed by atoms with Crippen molar-refractivity contribution in [2.45, 2.75) is 6.92 Å². The molecule has 5 rings (SSSR count). The van der Waals surface area contributed by atoms with Crippen molar-refractivity contribution in [3.05, 3.63) is 115 Å². The minimum Gasteiger partial charge on any atom is -0.309 e. The van der Waals surface area contributed by atoms with Gasteiger partial charge >= 0.3 is 0 Å². The molecule has 0 N–H and O–H groups in total. The van der Waals surface area contributed by atoms with Crippen LogP contribution in [0.15, 0.2) is 109 Å². The van der Waals surface area contributed by atoms with Gasteiger partial charge in [0, 0.05) is 22.1 Å². The molecule has 0 atom stereocenters. The maximum atomic E-state index is 2.39. The number of anilines is 3. The molecular formula is C27H21N. The summed E-state index contributed by atoms with van der Waals surface area (Å²) in [5.74, 6) is 0. The molecule has 0 aliphatic rings. The van der Waals surface area contributed by atoms with Crippen LogP contribution < -0.4 is 4.90 Å². The van der Waals surface area contributed by atoms with Gasteiger partial charge in [-0.15, -0.1) is 0 Å². The van der Waals surface area contributed by atoms with Crippen LogP contribution in [0.3, 0.4) is 0 Å². The molecule has 0 aliphatic carbocycles. The third kappa shape index (κ3) is 2.82. The lowest BCUT2D eigenvalue weighted by molar-refractivity contribution is 1.29. The highest BCUT2D eigenvalue weighted by Crippen LogP contribution is 2.43. The van der Waals surface area contributed by atoms with Gasteiger partial charge in [-0.1, -0.05) is 78.9 Å². The lowest BCUT2D eigenvalue weighted by Crippen LogP contribution is -2.11. The summed E-state index contributed by atoms with van der Waals surface area (Å²) in [6.07, 6.45) is 0. The van der Waals surface area contributed by atoms with E-state index in [1.807, 2.05) is 0 Å². The summed E-state index contributed by atoms with van der Waals surface area (Å²) in [7, 11) is 0. The molecule has 1 heteroatoms. The zero-order valence-corrected chi connectivity index (χ0v) is 15.8. The third-order valence-electron chi connectivity index (χ3n) is 5.24. The van der Waals surface area contributed by atoms with Crippen molar-refractivity contribution in [3.63, 3.8) is 0 Å². The van der Waals surface area contributed by atoms with Crippen LogP contribution >= 0.6 is 0 Å². The molecule has 0 radical (unpaired) electrons. The van der Waals surface area contributed by atoms with Gasteiger partial charge in [0.05, 0.1) is 5.69 Å². The lowest BCUT2D eigenvalue weighted by Gasteiger charge is -2.28. The number of rotatable bonds is 3. The molecule has 0 bridgehead atoms. The van der Waals surface area contributed by atoms with Crippen LogP contribution in [0.5, 0.6) is 0 Å². The summed E-state index contributed by atoms with van der Waals surface area (Å²) in [5.41, 5.74) is 4.82. The SMILES string of the molecule is Cc1cccc(N(c2ccccc2)c2c3ccccc3cc3ccccc23)c1. The van der Waals surface area contributed by atoms with E-state index < -0.39 is 0 Å². The second-order valence-electron chi connectivity index (χ2n) is 7.18. The van der Waals surface area contributed by atoms with Crippen molar-refractivity contribution in [2.75, 3.05) is 4.90 Å². The fourth-order valence-corrected chi connectivity index (χ4v) is 3.98. The van der Waals surface area contributed by atoms with Gasteiger partial charge in [0.2, 0.25) is 0 Å². The fourth-order valence-electron chi connectivity index (χ4n) is 3.98. The van der Waals surface area contributed by atoms with Crippen molar-refractivity contribution in [1.29, 1.82) is 0 Å². The molecule has 0 saturated carbocycles. The van der Waals surface area contributed by atoms with E-state index in [1.54, 1.807) is 0 Å². The van der Waals surface area contributed by atoms with Gasteiger partial charge in [0.15, 0.2) is 0 Å². The predicted octanol–water partition coefficient (Wildman–Crippen LogP) is 7.77. The zero-order chi connectivity index (χ0) is 18.9. The van der Waals surface area contributed by atoms with Gasteiger partial charge < -0.3 is 4.90 Å². The first-order valence-electron chi connectivity index (χ1n) is 9.63. The first-order valence-corrected chi connectivity index (χ1v) is 9.63. The molecule has 28 heavy (non-hydrogen) atoms. The number of para-hydroxylation sites is 1. The molecule has 0 aliphatic heterocycles. The monoisotopic (exact) mass is 359 g/mol. The molecule has 5 aromatic carbocycles. The van der Waals surface area contributed by atoms with Crippen LogP contribution in [0.2, 0.25) is 0 Å². The van der Waals surface area contributed by atoms with E-state index >= 15 is 0 Å². The maximum Gasteiger partial charge on any atom is 0.0618 e. The Morgan fingerprint density at radius 3 is 1.71 bits per heavy atom. The Labute approximate surface area is 165 Å². The molecule has 0 aromatic heterocycles. The lowest BCUT2D eigenvalue weighted by atomic mass is 9.99. The number of fused-ring (bicyclic) bond motifs is 2. The Morgan fingerprint density at radius 2 is 1.07 bits per heavy atom. The maximum absolute atomic E-state index is 2.39. The van der Waals surface area contributed by atoms with Crippen LogP contribution in [-0.4, -0.2) is 0 Å². The van der Waals surface area contributed by atoms with Gasteiger partial charge in [-0.05, 0) is 53.6 Å². The number of hydrogen-bond donors (Lipinski definition) is 0. The largest absolute Gasteiger partial charge is 0.309 e. The number of hydrogen-bond acceptors (Lipinski definition) is 1. The highest BCUT2D eigenvalue weighted by atomic mass is 15.1. The van der Waals surface area contributed by atoms with E-state index in [4.69, 9.17) is 0 Å². The van der Waals surface area contributed by atoms with Gasteiger partial charge in [-0.3, -0.25) is 0 Å². The average Bonchev–Trinajstić information content (AvgIpc) is 2.74. The Morgan fingerprint density at radius 1 is 0.500 bits per heavy atom. The molecule has 0 unspecified atom stereocenters. The molecule has 0 saturated heterocycles. The van der Waals surface area contributed by atoms with E-state index in [0.29, 0.717) is 0 Å². The van der Waals surface area contributed by atoms with Crippen molar-refractivity contribution >= 4 is 38.6 Å². The topological polar surface area (TPSA) is 3.24 Å². The Balaban J connectivity index is 1.92. The minimum atomic E-state index is 1.16. The summed E-state index contributed by atoms with van der Waals surface area (Å²) in [4.78, 5) is 2.39. The normalized spacial score (nSPS) is 11.0. The van der Waals surface area contributed by atoms with Crippen LogP contribution in [0.25, 0.3) is 21.5 Å². The van der Waals surface area contributed by atoms with Crippen molar-refractivity contribution in [1.82, 2.24) is 0 Å². The summed E-state index contributed by atoms with van der Waals surface area (Å²) < 4.78 is 0. The molecule has 0 amide bonds. The zero-order valence-electron chi connectivity index (χ0n) is 15.8. The number of benzene rings is 5. The summed E-state index contributed by atoms with van der Waals surface area (Å²) in [6, 6.07) is 39.0. The van der Waals surface area contributed by atoms with Crippen molar-refractivity contribution < 1.29 is 0 Å². The molecule has 0 heterocycles. The van der Waals surface area contributed by atoms with Crippen molar-refractivity contribution in [2.24, 2.45) is 0 Å². The Bertz CT molecular complexity index is 1220.